The number of aromatic nitrogens is 1. The SMILES string of the molecule is COc1ncccc1NCCN. The van der Waals surface area contributed by atoms with E-state index in [2.05, 4.69) is 10.3 Å². The molecule has 0 bridgehead atoms. The zero-order valence-corrected chi connectivity index (χ0v) is 7.08. The van der Waals surface area contributed by atoms with E-state index in [4.69, 9.17) is 10.5 Å². The van der Waals surface area contributed by atoms with Crippen molar-refractivity contribution >= 4 is 5.69 Å². The molecule has 0 aliphatic carbocycles. The fraction of sp³-hybridized carbons (Fsp3) is 0.375. The Kier molecular flexibility index (Phi) is 3.35. The lowest BCUT2D eigenvalue weighted by Crippen LogP contribution is -2.13. The van der Waals surface area contributed by atoms with E-state index in [1.54, 1.807) is 13.3 Å². The third kappa shape index (κ3) is 2.10. The molecular formula is C8H13N3O. The molecule has 12 heavy (non-hydrogen) atoms. The molecule has 0 fully saturated rings. The van der Waals surface area contributed by atoms with E-state index in [0.29, 0.717) is 12.4 Å². The van der Waals surface area contributed by atoms with Crippen LogP contribution in [0, 0.1) is 0 Å². The predicted molar refractivity (Wildman–Crippen MR) is 48.3 cm³/mol. The first-order chi connectivity index (χ1) is 5.88. The maximum atomic E-state index is 5.34. The van der Waals surface area contributed by atoms with Crippen LogP contribution in [0.2, 0.25) is 0 Å². The van der Waals surface area contributed by atoms with Crippen molar-refractivity contribution in [2.75, 3.05) is 25.5 Å². The van der Waals surface area contributed by atoms with E-state index in [-0.39, 0.29) is 0 Å². The highest BCUT2D eigenvalue weighted by atomic mass is 16.5. The van der Waals surface area contributed by atoms with Crippen LogP contribution >= 0.6 is 0 Å². The predicted octanol–water partition coefficient (Wildman–Crippen LogP) is 0.461. The molecule has 0 amide bonds. The molecule has 4 nitrogen and oxygen atoms in total. The molecule has 1 aromatic rings. The number of hydrogen-bond donors (Lipinski definition) is 2. The Morgan fingerprint density at radius 3 is 3.17 bits per heavy atom. The topological polar surface area (TPSA) is 60.2 Å². The highest BCUT2D eigenvalue weighted by molar-refractivity contribution is 5.51. The summed E-state index contributed by atoms with van der Waals surface area (Å²) in [5.74, 6) is 0.603. The standard InChI is InChI=1S/C8H13N3O/c1-12-8-7(10-6-4-9)3-2-5-11-8/h2-3,5,10H,4,6,9H2,1H3. The quantitative estimate of drug-likeness (QED) is 0.684. The lowest BCUT2D eigenvalue weighted by molar-refractivity contribution is 0.400. The van der Waals surface area contributed by atoms with Crippen LogP contribution in [-0.2, 0) is 0 Å². The average Bonchev–Trinajstić information content (AvgIpc) is 2.15. The minimum Gasteiger partial charge on any atom is -0.480 e. The number of anilines is 1. The lowest BCUT2D eigenvalue weighted by Gasteiger charge is -2.07. The Bertz CT molecular complexity index is 239. The lowest BCUT2D eigenvalue weighted by atomic mass is 10.4. The van der Waals surface area contributed by atoms with E-state index in [9.17, 15) is 0 Å². The van der Waals surface area contributed by atoms with Gasteiger partial charge in [0.15, 0.2) is 0 Å². The second-order valence-corrected chi connectivity index (χ2v) is 2.28. The molecule has 66 valence electrons. The molecule has 0 spiro atoms. The minimum atomic E-state index is 0.595. The van der Waals surface area contributed by atoms with Gasteiger partial charge in [0, 0.05) is 19.3 Å². The summed E-state index contributed by atoms with van der Waals surface area (Å²) in [6.45, 7) is 1.32. The molecule has 1 rings (SSSR count). The van der Waals surface area contributed by atoms with Crippen molar-refractivity contribution < 1.29 is 4.74 Å². The summed E-state index contributed by atoms with van der Waals surface area (Å²) >= 11 is 0. The van der Waals surface area contributed by atoms with Crippen molar-refractivity contribution in [1.29, 1.82) is 0 Å². The molecule has 1 heterocycles. The van der Waals surface area contributed by atoms with Gasteiger partial charge in [0.1, 0.15) is 0 Å². The molecule has 0 aliphatic rings. The fourth-order valence-corrected chi connectivity index (χ4v) is 0.895. The van der Waals surface area contributed by atoms with Gasteiger partial charge in [-0.15, -0.1) is 0 Å². The van der Waals surface area contributed by atoms with Crippen molar-refractivity contribution in [3.8, 4) is 5.88 Å². The second kappa shape index (κ2) is 4.56. The average molecular weight is 167 g/mol. The number of hydrogen-bond acceptors (Lipinski definition) is 4. The van der Waals surface area contributed by atoms with Crippen LogP contribution in [0.25, 0.3) is 0 Å². The third-order valence-corrected chi connectivity index (χ3v) is 1.42. The van der Waals surface area contributed by atoms with Gasteiger partial charge in [-0.25, -0.2) is 4.98 Å². The summed E-state index contributed by atoms with van der Waals surface area (Å²) in [6.07, 6.45) is 1.69. The number of ether oxygens (including phenoxy) is 1. The minimum absolute atomic E-state index is 0.595. The van der Waals surface area contributed by atoms with Crippen LogP contribution in [0.5, 0.6) is 5.88 Å². The Morgan fingerprint density at radius 2 is 2.50 bits per heavy atom. The molecule has 0 radical (unpaired) electrons. The summed E-state index contributed by atoms with van der Waals surface area (Å²) in [7, 11) is 1.59. The smallest absolute Gasteiger partial charge is 0.237 e. The van der Waals surface area contributed by atoms with Crippen LogP contribution in [0.15, 0.2) is 18.3 Å². The van der Waals surface area contributed by atoms with Gasteiger partial charge in [0.2, 0.25) is 5.88 Å². The largest absolute Gasteiger partial charge is 0.480 e. The van der Waals surface area contributed by atoms with Crippen LogP contribution in [0.1, 0.15) is 0 Å². The Hall–Kier alpha value is -1.29. The summed E-state index contributed by atoms with van der Waals surface area (Å²) in [6, 6.07) is 3.75. The highest BCUT2D eigenvalue weighted by Crippen LogP contribution is 2.18. The van der Waals surface area contributed by atoms with Crippen molar-refractivity contribution in [2.45, 2.75) is 0 Å². The van der Waals surface area contributed by atoms with Crippen molar-refractivity contribution in [1.82, 2.24) is 4.98 Å². The first-order valence-electron chi connectivity index (χ1n) is 3.81. The maximum Gasteiger partial charge on any atom is 0.237 e. The van der Waals surface area contributed by atoms with Gasteiger partial charge in [0.25, 0.3) is 0 Å². The number of rotatable bonds is 4. The number of pyridine rings is 1. The van der Waals surface area contributed by atoms with Crippen LogP contribution in [0.3, 0.4) is 0 Å². The van der Waals surface area contributed by atoms with Crippen molar-refractivity contribution in [3.05, 3.63) is 18.3 Å². The van der Waals surface area contributed by atoms with E-state index in [1.165, 1.54) is 0 Å². The molecular weight excluding hydrogens is 154 g/mol. The normalized spacial score (nSPS) is 9.50. The number of nitrogens with one attached hydrogen (secondary N) is 1. The number of methoxy groups -OCH3 is 1. The zero-order chi connectivity index (χ0) is 8.81. The van der Waals surface area contributed by atoms with Crippen LogP contribution in [-0.4, -0.2) is 25.2 Å². The van der Waals surface area contributed by atoms with Gasteiger partial charge in [0.05, 0.1) is 12.8 Å². The summed E-state index contributed by atoms with van der Waals surface area (Å²) in [5, 5.41) is 3.10. The number of nitrogens with zero attached hydrogens (tertiary/aromatic N) is 1. The number of nitrogens with two attached hydrogens (primary N) is 1. The fourth-order valence-electron chi connectivity index (χ4n) is 0.895. The van der Waals surface area contributed by atoms with E-state index in [1.807, 2.05) is 12.1 Å². The third-order valence-electron chi connectivity index (χ3n) is 1.42. The first kappa shape index (κ1) is 8.80. The molecule has 1 aromatic heterocycles. The Balaban J connectivity index is 2.68. The molecule has 4 heteroatoms. The summed E-state index contributed by atoms with van der Waals surface area (Å²) in [5.41, 5.74) is 6.22. The van der Waals surface area contributed by atoms with Gasteiger partial charge in [-0.2, -0.15) is 0 Å². The molecule has 0 atom stereocenters. The molecule has 0 saturated carbocycles. The van der Waals surface area contributed by atoms with Gasteiger partial charge in [-0.3, -0.25) is 0 Å². The van der Waals surface area contributed by atoms with Gasteiger partial charge in [-0.05, 0) is 12.1 Å². The second-order valence-electron chi connectivity index (χ2n) is 2.28. The van der Waals surface area contributed by atoms with Gasteiger partial charge >= 0.3 is 0 Å². The van der Waals surface area contributed by atoms with Crippen LogP contribution < -0.4 is 15.8 Å². The monoisotopic (exact) mass is 167 g/mol. The molecule has 3 N–H and O–H groups in total. The molecule has 0 aliphatic heterocycles. The Morgan fingerprint density at radius 1 is 1.67 bits per heavy atom. The zero-order valence-electron chi connectivity index (χ0n) is 7.08. The molecule has 0 aromatic carbocycles. The van der Waals surface area contributed by atoms with E-state index >= 15 is 0 Å². The van der Waals surface area contributed by atoms with Crippen molar-refractivity contribution in [3.63, 3.8) is 0 Å². The Labute approximate surface area is 71.7 Å². The first-order valence-corrected chi connectivity index (χ1v) is 3.81. The summed E-state index contributed by atoms with van der Waals surface area (Å²) < 4.78 is 5.03. The van der Waals surface area contributed by atoms with Crippen LogP contribution in [0.4, 0.5) is 5.69 Å². The van der Waals surface area contributed by atoms with Crippen molar-refractivity contribution in [2.24, 2.45) is 5.73 Å². The highest BCUT2D eigenvalue weighted by Gasteiger charge is 1.99. The van der Waals surface area contributed by atoms with Gasteiger partial charge in [-0.1, -0.05) is 0 Å². The summed E-state index contributed by atoms with van der Waals surface area (Å²) in [4.78, 5) is 4.02. The van der Waals surface area contributed by atoms with E-state index < -0.39 is 0 Å². The molecule has 0 saturated heterocycles. The molecule has 0 unspecified atom stereocenters. The van der Waals surface area contributed by atoms with E-state index in [0.717, 1.165) is 12.2 Å². The maximum absolute atomic E-state index is 5.34. The van der Waals surface area contributed by atoms with Gasteiger partial charge < -0.3 is 15.8 Å².